The Kier molecular flexibility index (Phi) is 4.06. The molecule has 0 saturated heterocycles. The fraction of sp³-hybridized carbons (Fsp3) is 0.600. The van der Waals surface area contributed by atoms with E-state index >= 15 is 0 Å². The Morgan fingerprint density at radius 2 is 2.18 bits per heavy atom. The van der Waals surface area contributed by atoms with Crippen molar-refractivity contribution in [3.8, 4) is 0 Å². The molecule has 2 rings (SSSR count). The SMILES string of the molecule is CCCCCN1CCc2cc(C(C)N)ccc21. The van der Waals surface area contributed by atoms with Gasteiger partial charge in [-0.1, -0.05) is 31.9 Å². The number of anilines is 1. The van der Waals surface area contributed by atoms with Crippen LogP contribution in [0, 0.1) is 0 Å². The molecular weight excluding hydrogens is 208 g/mol. The number of unbranched alkanes of at least 4 members (excludes halogenated alkanes) is 2. The van der Waals surface area contributed by atoms with Gasteiger partial charge in [-0.2, -0.15) is 0 Å². The molecule has 0 bridgehead atoms. The van der Waals surface area contributed by atoms with Crippen LogP contribution in [-0.2, 0) is 6.42 Å². The van der Waals surface area contributed by atoms with Crippen LogP contribution < -0.4 is 10.6 Å². The number of hydrogen-bond acceptors (Lipinski definition) is 2. The largest absolute Gasteiger partial charge is 0.371 e. The Labute approximate surface area is 105 Å². The predicted molar refractivity (Wildman–Crippen MR) is 74.5 cm³/mol. The zero-order valence-corrected chi connectivity index (χ0v) is 11.1. The second-order valence-electron chi connectivity index (χ2n) is 5.12. The van der Waals surface area contributed by atoms with Crippen molar-refractivity contribution in [1.29, 1.82) is 0 Å². The van der Waals surface area contributed by atoms with E-state index in [0.29, 0.717) is 0 Å². The van der Waals surface area contributed by atoms with E-state index in [4.69, 9.17) is 5.73 Å². The maximum Gasteiger partial charge on any atom is 0.0399 e. The highest BCUT2D eigenvalue weighted by Gasteiger charge is 2.18. The van der Waals surface area contributed by atoms with Crippen molar-refractivity contribution in [3.05, 3.63) is 29.3 Å². The summed E-state index contributed by atoms with van der Waals surface area (Å²) in [5.74, 6) is 0. The van der Waals surface area contributed by atoms with Crippen LogP contribution in [0.15, 0.2) is 18.2 Å². The molecule has 94 valence electrons. The second kappa shape index (κ2) is 5.54. The predicted octanol–water partition coefficient (Wildman–Crippen LogP) is 3.26. The quantitative estimate of drug-likeness (QED) is 0.790. The molecule has 1 aliphatic heterocycles. The van der Waals surface area contributed by atoms with Gasteiger partial charge in [-0.25, -0.2) is 0 Å². The summed E-state index contributed by atoms with van der Waals surface area (Å²) in [6.45, 7) is 6.70. The van der Waals surface area contributed by atoms with E-state index in [0.717, 1.165) is 0 Å². The summed E-state index contributed by atoms with van der Waals surface area (Å²) in [5.41, 5.74) is 10.1. The first-order valence-electron chi connectivity index (χ1n) is 6.85. The third-order valence-corrected chi connectivity index (χ3v) is 3.65. The van der Waals surface area contributed by atoms with Crippen LogP contribution >= 0.6 is 0 Å². The molecule has 2 nitrogen and oxygen atoms in total. The highest BCUT2D eigenvalue weighted by Crippen LogP contribution is 2.30. The fourth-order valence-electron chi connectivity index (χ4n) is 2.56. The molecule has 1 aromatic rings. The first-order valence-corrected chi connectivity index (χ1v) is 6.85. The Bertz CT molecular complexity index is 371. The zero-order valence-electron chi connectivity index (χ0n) is 11.1. The average molecular weight is 232 g/mol. The molecule has 2 heteroatoms. The Morgan fingerprint density at radius 1 is 1.35 bits per heavy atom. The van der Waals surface area contributed by atoms with E-state index in [9.17, 15) is 0 Å². The van der Waals surface area contributed by atoms with Crippen molar-refractivity contribution in [2.24, 2.45) is 5.73 Å². The van der Waals surface area contributed by atoms with Gasteiger partial charge in [0.15, 0.2) is 0 Å². The standard InChI is InChI=1S/C15H24N2/c1-3-4-5-9-17-10-8-14-11-13(12(2)16)6-7-15(14)17/h6-7,11-12H,3-5,8-10,16H2,1-2H3. The van der Waals surface area contributed by atoms with Crippen molar-refractivity contribution in [2.75, 3.05) is 18.0 Å². The lowest BCUT2D eigenvalue weighted by atomic mass is 10.0. The molecule has 0 aromatic heterocycles. The lowest BCUT2D eigenvalue weighted by Gasteiger charge is -2.19. The molecule has 0 radical (unpaired) electrons. The van der Waals surface area contributed by atoms with Crippen molar-refractivity contribution in [1.82, 2.24) is 0 Å². The van der Waals surface area contributed by atoms with Gasteiger partial charge >= 0.3 is 0 Å². The van der Waals surface area contributed by atoms with Crippen LogP contribution in [-0.4, -0.2) is 13.1 Å². The third kappa shape index (κ3) is 2.81. The fourth-order valence-corrected chi connectivity index (χ4v) is 2.56. The molecule has 0 aliphatic carbocycles. The third-order valence-electron chi connectivity index (χ3n) is 3.65. The van der Waals surface area contributed by atoms with Gasteiger partial charge in [0.1, 0.15) is 0 Å². The maximum atomic E-state index is 5.93. The van der Waals surface area contributed by atoms with Crippen LogP contribution in [0.4, 0.5) is 5.69 Å². The Hall–Kier alpha value is -1.02. The summed E-state index contributed by atoms with van der Waals surface area (Å²) >= 11 is 0. The summed E-state index contributed by atoms with van der Waals surface area (Å²) in [5, 5.41) is 0. The molecule has 0 fully saturated rings. The van der Waals surface area contributed by atoms with Crippen molar-refractivity contribution in [3.63, 3.8) is 0 Å². The van der Waals surface area contributed by atoms with Crippen molar-refractivity contribution in [2.45, 2.75) is 45.6 Å². The highest BCUT2D eigenvalue weighted by molar-refractivity contribution is 5.59. The minimum Gasteiger partial charge on any atom is -0.371 e. The summed E-state index contributed by atoms with van der Waals surface area (Å²) < 4.78 is 0. The lowest BCUT2D eigenvalue weighted by molar-refractivity contribution is 0.688. The van der Waals surface area contributed by atoms with Crippen LogP contribution in [0.25, 0.3) is 0 Å². The number of fused-ring (bicyclic) bond motifs is 1. The van der Waals surface area contributed by atoms with Crippen molar-refractivity contribution >= 4 is 5.69 Å². The van der Waals surface area contributed by atoms with E-state index in [2.05, 4.69) is 36.9 Å². The monoisotopic (exact) mass is 232 g/mol. The van der Waals surface area contributed by atoms with Gasteiger partial charge < -0.3 is 10.6 Å². The molecular formula is C15H24N2. The average Bonchev–Trinajstić information content (AvgIpc) is 2.72. The van der Waals surface area contributed by atoms with E-state index in [1.165, 1.54) is 55.6 Å². The number of benzene rings is 1. The first kappa shape index (κ1) is 12.4. The molecule has 0 spiro atoms. The summed E-state index contributed by atoms with van der Waals surface area (Å²) in [4.78, 5) is 2.52. The zero-order chi connectivity index (χ0) is 12.3. The van der Waals surface area contributed by atoms with E-state index in [1.54, 1.807) is 0 Å². The molecule has 0 amide bonds. The summed E-state index contributed by atoms with van der Waals surface area (Å²) in [6, 6.07) is 6.88. The minimum atomic E-state index is 0.148. The van der Waals surface area contributed by atoms with Gasteiger partial charge in [0, 0.05) is 24.8 Å². The van der Waals surface area contributed by atoms with Crippen LogP contribution in [0.3, 0.4) is 0 Å². The smallest absolute Gasteiger partial charge is 0.0399 e. The van der Waals surface area contributed by atoms with Gasteiger partial charge in [-0.3, -0.25) is 0 Å². The van der Waals surface area contributed by atoms with Gasteiger partial charge in [0.2, 0.25) is 0 Å². The van der Waals surface area contributed by atoms with Gasteiger partial charge in [-0.15, -0.1) is 0 Å². The summed E-state index contributed by atoms with van der Waals surface area (Å²) in [7, 11) is 0. The van der Waals surface area contributed by atoms with Crippen LogP contribution in [0.2, 0.25) is 0 Å². The van der Waals surface area contributed by atoms with Gasteiger partial charge in [-0.05, 0) is 37.0 Å². The molecule has 1 heterocycles. The topological polar surface area (TPSA) is 29.3 Å². The van der Waals surface area contributed by atoms with Crippen LogP contribution in [0.1, 0.15) is 50.3 Å². The van der Waals surface area contributed by atoms with E-state index in [1.807, 2.05) is 0 Å². The molecule has 1 aromatic carbocycles. The molecule has 2 N–H and O–H groups in total. The summed E-state index contributed by atoms with van der Waals surface area (Å²) in [6.07, 6.45) is 5.13. The molecule has 1 unspecified atom stereocenters. The molecule has 17 heavy (non-hydrogen) atoms. The number of rotatable bonds is 5. The van der Waals surface area contributed by atoms with E-state index in [-0.39, 0.29) is 6.04 Å². The molecule has 0 saturated carbocycles. The number of nitrogens with zero attached hydrogens (tertiary/aromatic N) is 1. The number of hydrogen-bond donors (Lipinski definition) is 1. The van der Waals surface area contributed by atoms with Crippen molar-refractivity contribution < 1.29 is 0 Å². The molecule has 1 atom stereocenters. The Balaban J connectivity index is 2.05. The minimum absolute atomic E-state index is 0.148. The normalized spacial score (nSPS) is 16.1. The highest BCUT2D eigenvalue weighted by atomic mass is 15.1. The Morgan fingerprint density at radius 3 is 2.88 bits per heavy atom. The lowest BCUT2D eigenvalue weighted by Crippen LogP contribution is -2.21. The van der Waals surface area contributed by atoms with Gasteiger partial charge in [0.05, 0.1) is 0 Å². The first-order chi connectivity index (χ1) is 8.22. The number of nitrogens with two attached hydrogens (primary N) is 1. The second-order valence-corrected chi connectivity index (χ2v) is 5.12. The van der Waals surface area contributed by atoms with Crippen LogP contribution in [0.5, 0.6) is 0 Å². The van der Waals surface area contributed by atoms with Gasteiger partial charge in [0.25, 0.3) is 0 Å². The maximum absolute atomic E-state index is 5.93. The van der Waals surface area contributed by atoms with E-state index < -0.39 is 0 Å². The molecule has 1 aliphatic rings.